The first-order valence-electron chi connectivity index (χ1n) is 8.28. The summed E-state index contributed by atoms with van der Waals surface area (Å²) in [6.07, 6.45) is 0. The smallest absolute Gasteiger partial charge is 0.243 e. The van der Waals surface area contributed by atoms with Gasteiger partial charge in [-0.2, -0.15) is 4.31 Å². The van der Waals surface area contributed by atoms with E-state index in [4.69, 9.17) is 0 Å². The lowest BCUT2D eigenvalue weighted by Crippen LogP contribution is -2.50. The van der Waals surface area contributed by atoms with Crippen molar-refractivity contribution in [2.75, 3.05) is 38.0 Å². The molecule has 1 aliphatic heterocycles. The van der Waals surface area contributed by atoms with Gasteiger partial charge in [0.2, 0.25) is 15.9 Å². The van der Waals surface area contributed by atoms with E-state index < -0.39 is 10.0 Å². The summed E-state index contributed by atoms with van der Waals surface area (Å²) in [7, 11) is -3.46. The molecule has 6 nitrogen and oxygen atoms in total. The lowest BCUT2D eigenvalue weighted by atomic mass is 10.3. The van der Waals surface area contributed by atoms with E-state index in [1.807, 2.05) is 29.2 Å². The molecule has 0 aliphatic carbocycles. The van der Waals surface area contributed by atoms with Crippen molar-refractivity contribution >= 4 is 37.5 Å². The van der Waals surface area contributed by atoms with Crippen LogP contribution in [0, 0.1) is 0 Å². The Morgan fingerprint density at radius 3 is 2.19 bits per heavy atom. The van der Waals surface area contributed by atoms with Crippen LogP contribution in [0.3, 0.4) is 0 Å². The molecule has 1 saturated heterocycles. The third-order valence-electron chi connectivity index (χ3n) is 4.21. The molecule has 0 aromatic heterocycles. The maximum atomic E-state index is 12.6. The standard InChI is InChI=1S/C18H20BrN3O3S/c19-15-6-8-16(9-7-15)20-18(23)14-21-10-12-22(13-11-21)26(24,25)17-4-2-1-3-5-17/h1-9H,10-14H2,(H,20,23). The highest BCUT2D eigenvalue weighted by molar-refractivity contribution is 9.10. The number of carbonyl (C=O) groups is 1. The van der Waals surface area contributed by atoms with Crippen molar-refractivity contribution in [3.63, 3.8) is 0 Å². The third-order valence-corrected chi connectivity index (χ3v) is 6.65. The van der Waals surface area contributed by atoms with Crippen molar-refractivity contribution < 1.29 is 13.2 Å². The molecule has 2 aromatic carbocycles. The van der Waals surface area contributed by atoms with Gasteiger partial charge >= 0.3 is 0 Å². The van der Waals surface area contributed by atoms with Crippen LogP contribution in [0.2, 0.25) is 0 Å². The monoisotopic (exact) mass is 437 g/mol. The SMILES string of the molecule is O=C(CN1CCN(S(=O)(=O)c2ccccc2)CC1)Nc1ccc(Br)cc1. The van der Waals surface area contributed by atoms with Crippen molar-refractivity contribution in [3.8, 4) is 0 Å². The largest absolute Gasteiger partial charge is 0.325 e. The predicted molar refractivity (Wildman–Crippen MR) is 104 cm³/mol. The van der Waals surface area contributed by atoms with Crippen LogP contribution in [0.1, 0.15) is 0 Å². The number of rotatable bonds is 5. The summed E-state index contributed by atoms with van der Waals surface area (Å²) in [4.78, 5) is 14.4. The van der Waals surface area contributed by atoms with E-state index in [9.17, 15) is 13.2 Å². The quantitative estimate of drug-likeness (QED) is 0.779. The summed E-state index contributed by atoms with van der Waals surface area (Å²) in [5.41, 5.74) is 0.739. The first-order valence-corrected chi connectivity index (χ1v) is 10.5. The van der Waals surface area contributed by atoms with E-state index in [1.165, 1.54) is 4.31 Å². The van der Waals surface area contributed by atoms with Crippen LogP contribution >= 0.6 is 15.9 Å². The molecular weight excluding hydrogens is 418 g/mol. The fourth-order valence-electron chi connectivity index (χ4n) is 2.81. The zero-order valence-corrected chi connectivity index (χ0v) is 16.5. The fraction of sp³-hybridized carbons (Fsp3) is 0.278. The molecule has 0 saturated carbocycles. The highest BCUT2D eigenvalue weighted by Crippen LogP contribution is 2.17. The Bertz CT molecular complexity index is 849. The number of benzene rings is 2. The van der Waals surface area contributed by atoms with Gasteiger partial charge < -0.3 is 5.32 Å². The predicted octanol–water partition coefficient (Wildman–Crippen LogP) is 2.39. The Balaban J connectivity index is 1.52. The lowest BCUT2D eigenvalue weighted by molar-refractivity contribution is -0.117. The molecule has 1 aliphatic rings. The van der Waals surface area contributed by atoms with Gasteiger partial charge in [-0.05, 0) is 36.4 Å². The number of halogens is 1. The molecule has 8 heteroatoms. The normalized spacial score (nSPS) is 16.3. The Hall–Kier alpha value is -1.74. The second-order valence-corrected chi connectivity index (χ2v) is 8.90. The second kappa shape index (κ2) is 8.30. The van der Waals surface area contributed by atoms with Gasteiger partial charge in [-0.15, -0.1) is 0 Å². The zero-order chi connectivity index (χ0) is 18.6. The van der Waals surface area contributed by atoms with Crippen molar-refractivity contribution in [1.29, 1.82) is 0 Å². The number of hydrogen-bond donors (Lipinski definition) is 1. The van der Waals surface area contributed by atoms with E-state index in [0.717, 1.165) is 10.2 Å². The molecule has 0 atom stereocenters. The number of anilines is 1. The van der Waals surface area contributed by atoms with Gasteiger partial charge in [-0.1, -0.05) is 34.1 Å². The lowest BCUT2D eigenvalue weighted by Gasteiger charge is -2.33. The van der Waals surface area contributed by atoms with Crippen molar-refractivity contribution in [2.24, 2.45) is 0 Å². The highest BCUT2D eigenvalue weighted by Gasteiger charge is 2.28. The van der Waals surface area contributed by atoms with Crippen LogP contribution in [0.5, 0.6) is 0 Å². The molecular formula is C18H20BrN3O3S. The molecule has 138 valence electrons. The molecule has 1 fully saturated rings. The minimum Gasteiger partial charge on any atom is -0.325 e. The first kappa shape index (κ1) is 19.0. The summed E-state index contributed by atoms with van der Waals surface area (Å²) in [5, 5.41) is 2.85. The molecule has 1 amide bonds. The van der Waals surface area contributed by atoms with Gasteiger partial charge in [-0.3, -0.25) is 9.69 Å². The number of piperazine rings is 1. The molecule has 26 heavy (non-hydrogen) atoms. The second-order valence-electron chi connectivity index (χ2n) is 6.05. The van der Waals surface area contributed by atoms with E-state index in [2.05, 4.69) is 21.2 Å². The van der Waals surface area contributed by atoms with E-state index in [1.54, 1.807) is 30.3 Å². The minimum absolute atomic E-state index is 0.105. The third kappa shape index (κ3) is 4.70. The molecule has 1 N–H and O–H groups in total. The van der Waals surface area contributed by atoms with Crippen LogP contribution in [-0.4, -0.2) is 56.3 Å². The maximum Gasteiger partial charge on any atom is 0.243 e. The van der Waals surface area contributed by atoms with Gasteiger partial charge in [0.15, 0.2) is 0 Å². The summed E-state index contributed by atoms with van der Waals surface area (Å²) in [6.45, 7) is 2.06. The number of amides is 1. The van der Waals surface area contributed by atoms with Gasteiger partial charge in [0, 0.05) is 36.3 Å². The Kier molecular flexibility index (Phi) is 6.08. The first-order chi connectivity index (χ1) is 12.4. The number of hydrogen-bond acceptors (Lipinski definition) is 4. The van der Waals surface area contributed by atoms with Gasteiger partial charge in [0.1, 0.15) is 0 Å². The fourth-order valence-corrected chi connectivity index (χ4v) is 4.51. The maximum absolute atomic E-state index is 12.6. The summed E-state index contributed by atoms with van der Waals surface area (Å²) in [6, 6.07) is 15.8. The molecule has 1 heterocycles. The molecule has 0 spiro atoms. The Morgan fingerprint density at radius 1 is 0.962 bits per heavy atom. The van der Waals surface area contributed by atoms with Crippen LogP contribution < -0.4 is 5.32 Å². The number of sulfonamides is 1. The van der Waals surface area contributed by atoms with Crippen LogP contribution in [-0.2, 0) is 14.8 Å². The minimum atomic E-state index is -3.46. The average molecular weight is 438 g/mol. The Labute approximate surface area is 162 Å². The average Bonchev–Trinajstić information content (AvgIpc) is 2.65. The number of carbonyl (C=O) groups excluding carboxylic acids is 1. The van der Waals surface area contributed by atoms with Crippen LogP contribution in [0.4, 0.5) is 5.69 Å². The van der Waals surface area contributed by atoms with E-state index in [-0.39, 0.29) is 12.5 Å². The summed E-state index contributed by atoms with van der Waals surface area (Å²) in [5.74, 6) is -0.105. The molecule has 2 aromatic rings. The van der Waals surface area contributed by atoms with Gasteiger partial charge in [0.25, 0.3) is 0 Å². The van der Waals surface area contributed by atoms with Crippen LogP contribution in [0.25, 0.3) is 0 Å². The number of nitrogens with zero attached hydrogens (tertiary/aromatic N) is 2. The van der Waals surface area contributed by atoms with E-state index >= 15 is 0 Å². The number of nitrogens with one attached hydrogen (secondary N) is 1. The van der Waals surface area contributed by atoms with Crippen LogP contribution in [0.15, 0.2) is 64.0 Å². The molecule has 0 unspecified atom stereocenters. The van der Waals surface area contributed by atoms with Crippen molar-refractivity contribution in [2.45, 2.75) is 4.90 Å². The van der Waals surface area contributed by atoms with Crippen molar-refractivity contribution in [1.82, 2.24) is 9.21 Å². The van der Waals surface area contributed by atoms with Crippen molar-refractivity contribution in [3.05, 3.63) is 59.1 Å². The van der Waals surface area contributed by atoms with Gasteiger partial charge in [-0.25, -0.2) is 8.42 Å². The topological polar surface area (TPSA) is 69.7 Å². The van der Waals surface area contributed by atoms with Gasteiger partial charge in [0.05, 0.1) is 11.4 Å². The molecule has 0 radical (unpaired) electrons. The Morgan fingerprint density at radius 2 is 1.58 bits per heavy atom. The highest BCUT2D eigenvalue weighted by atomic mass is 79.9. The zero-order valence-electron chi connectivity index (χ0n) is 14.1. The summed E-state index contributed by atoms with van der Waals surface area (Å²) < 4.78 is 27.6. The molecule has 0 bridgehead atoms. The van der Waals surface area contributed by atoms with E-state index in [0.29, 0.717) is 31.1 Å². The molecule has 3 rings (SSSR count). The summed E-state index contributed by atoms with van der Waals surface area (Å²) >= 11 is 3.36.